The van der Waals surface area contributed by atoms with Crippen molar-refractivity contribution in [2.45, 2.75) is 38.6 Å². The molecule has 0 spiro atoms. The third-order valence-corrected chi connectivity index (χ3v) is 4.38. The molecule has 0 atom stereocenters. The number of nitrogens with zero attached hydrogens (tertiary/aromatic N) is 2. The molecule has 24 heavy (non-hydrogen) atoms. The maximum atomic E-state index is 12.2. The molecule has 124 valence electrons. The zero-order chi connectivity index (χ0) is 16.8. The molecule has 3 rings (SSSR count). The molecule has 1 aromatic carbocycles. The zero-order valence-electron chi connectivity index (χ0n) is 14.1. The van der Waals surface area contributed by atoms with Crippen LogP contribution in [-0.2, 0) is 17.8 Å². The Kier molecular flexibility index (Phi) is 5.36. The lowest BCUT2D eigenvalue weighted by atomic mass is 10.1. The van der Waals surface area contributed by atoms with Gasteiger partial charge in [0.25, 0.3) is 0 Å². The SMILES string of the molecule is COc1cccc(CCCC2=[N+](Cc3ccccc3)C(=O)CC2)n1. The van der Waals surface area contributed by atoms with E-state index in [0.29, 0.717) is 18.8 Å². The standard InChI is InChI=1S/C20H23N2O2/c1-24-19-12-6-10-17(21-19)9-5-11-18-13-14-20(23)22(18)15-16-7-3-2-4-8-16/h2-4,6-8,10,12H,5,9,11,13-15H2,1H3/q+1. The van der Waals surface area contributed by atoms with Crippen LogP contribution < -0.4 is 4.74 Å². The van der Waals surface area contributed by atoms with E-state index in [0.717, 1.165) is 31.4 Å². The number of ether oxygens (including phenoxy) is 1. The Bertz CT molecular complexity index is 738. The number of pyridine rings is 1. The first-order valence-electron chi connectivity index (χ1n) is 8.45. The van der Waals surface area contributed by atoms with Crippen LogP contribution in [0.3, 0.4) is 0 Å². The van der Waals surface area contributed by atoms with Crippen LogP contribution in [0.2, 0.25) is 0 Å². The molecule has 0 aliphatic carbocycles. The second-order valence-corrected chi connectivity index (χ2v) is 6.06. The highest BCUT2D eigenvalue weighted by Gasteiger charge is 2.30. The van der Waals surface area contributed by atoms with Crippen molar-refractivity contribution in [1.82, 2.24) is 4.98 Å². The van der Waals surface area contributed by atoms with E-state index >= 15 is 0 Å². The van der Waals surface area contributed by atoms with Gasteiger partial charge in [-0.2, -0.15) is 4.58 Å². The molecule has 2 aromatic rings. The van der Waals surface area contributed by atoms with Crippen molar-refractivity contribution in [3.8, 4) is 5.88 Å². The van der Waals surface area contributed by atoms with Crippen LogP contribution in [-0.4, -0.2) is 28.3 Å². The Morgan fingerprint density at radius 1 is 1.04 bits per heavy atom. The fourth-order valence-electron chi connectivity index (χ4n) is 3.11. The van der Waals surface area contributed by atoms with Crippen LogP contribution in [0.4, 0.5) is 0 Å². The number of benzene rings is 1. The van der Waals surface area contributed by atoms with E-state index in [4.69, 9.17) is 4.74 Å². The van der Waals surface area contributed by atoms with Crippen LogP contribution in [0, 0.1) is 0 Å². The minimum Gasteiger partial charge on any atom is -0.481 e. The van der Waals surface area contributed by atoms with Gasteiger partial charge in [-0.3, -0.25) is 0 Å². The molecule has 1 amide bonds. The van der Waals surface area contributed by atoms with E-state index in [1.165, 1.54) is 11.3 Å². The maximum absolute atomic E-state index is 12.2. The quantitative estimate of drug-likeness (QED) is 0.734. The number of carbonyl (C=O) groups excluding carboxylic acids is 1. The number of hydrogen-bond donors (Lipinski definition) is 0. The van der Waals surface area contributed by atoms with Gasteiger partial charge in [0.2, 0.25) is 5.88 Å². The lowest BCUT2D eigenvalue weighted by Gasteiger charge is -2.04. The number of rotatable bonds is 7. The average molecular weight is 323 g/mol. The molecule has 1 aliphatic rings. The van der Waals surface area contributed by atoms with Gasteiger partial charge in [0.1, 0.15) is 0 Å². The molecular formula is C20H23N2O2+. The zero-order valence-corrected chi connectivity index (χ0v) is 14.1. The third kappa shape index (κ3) is 4.07. The lowest BCUT2D eigenvalue weighted by molar-refractivity contribution is -0.460. The van der Waals surface area contributed by atoms with Gasteiger partial charge in [-0.05, 0) is 18.9 Å². The largest absolute Gasteiger partial charge is 0.481 e. The summed E-state index contributed by atoms with van der Waals surface area (Å²) in [5.41, 5.74) is 3.47. The highest BCUT2D eigenvalue weighted by molar-refractivity contribution is 5.92. The van der Waals surface area contributed by atoms with E-state index < -0.39 is 0 Å². The molecule has 1 aromatic heterocycles. The van der Waals surface area contributed by atoms with Gasteiger partial charge in [-0.25, -0.2) is 9.78 Å². The van der Waals surface area contributed by atoms with Gasteiger partial charge in [0.05, 0.1) is 13.5 Å². The van der Waals surface area contributed by atoms with Crippen molar-refractivity contribution in [3.05, 3.63) is 59.8 Å². The van der Waals surface area contributed by atoms with Gasteiger partial charge in [-0.1, -0.05) is 36.4 Å². The van der Waals surface area contributed by atoms with Crippen molar-refractivity contribution in [3.63, 3.8) is 0 Å². The number of amides is 1. The summed E-state index contributed by atoms with van der Waals surface area (Å²) in [6.07, 6.45) is 4.36. The van der Waals surface area contributed by atoms with E-state index in [9.17, 15) is 4.79 Å². The van der Waals surface area contributed by atoms with Gasteiger partial charge < -0.3 is 4.74 Å². The second-order valence-electron chi connectivity index (χ2n) is 6.06. The van der Waals surface area contributed by atoms with Crippen LogP contribution in [0.15, 0.2) is 48.5 Å². The van der Waals surface area contributed by atoms with Crippen molar-refractivity contribution >= 4 is 11.6 Å². The molecule has 4 nitrogen and oxygen atoms in total. The molecule has 2 heterocycles. The molecule has 0 saturated carbocycles. The van der Waals surface area contributed by atoms with Crippen LogP contribution >= 0.6 is 0 Å². The Morgan fingerprint density at radius 3 is 2.67 bits per heavy atom. The molecule has 4 heteroatoms. The molecule has 0 saturated heterocycles. The van der Waals surface area contributed by atoms with E-state index in [-0.39, 0.29) is 5.91 Å². The molecule has 0 unspecified atom stereocenters. The first-order valence-corrected chi connectivity index (χ1v) is 8.45. The lowest BCUT2D eigenvalue weighted by Crippen LogP contribution is -2.19. The monoisotopic (exact) mass is 323 g/mol. The van der Waals surface area contributed by atoms with E-state index in [1.807, 2.05) is 41.0 Å². The predicted octanol–water partition coefficient (Wildman–Crippen LogP) is 3.39. The Hall–Kier alpha value is -2.49. The van der Waals surface area contributed by atoms with Crippen molar-refractivity contribution in [1.29, 1.82) is 0 Å². The fourth-order valence-corrected chi connectivity index (χ4v) is 3.11. The van der Waals surface area contributed by atoms with Gasteiger partial charge in [-0.15, -0.1) is 0 Å². The number of aryl methyl sites for hydroxylation is 1. The number of methoxy groups -OCH3 is 1. The minimum absolute atomic E-state index is 0.244. The number of carbonyl (C=O) groups is 1. The molecule has 0 fully saturated rings. The maximum Gasteiger partial charge on any atom is 0.387 e. The second kappa shape index (κ2) is 7.86. The topological polar surface area (TPSA) is 42.2 Å². The van der Waals surface area contributed by atoms with Gasteiger partial charge >= 0.3 is 5.91 Å². The Labute approximate surface area is 142 Å². The van der Waals surface area contributed by atoms with E-state index in [2.05, 4.69) is 17.1 Å². The average Bonchev–Trinajstić information content (AvgIpc) is 2.96. The van der Waals surface area contributed by atoms with Crippen LogP contribution in [0.25, 0.3) is 0 Å². The number of aromatic nitrogens is 1. The first kappa shape index (κ1) is 16.4. The summed E-state index contributed by atoms with van der Waals surface area (Å²) < 4.78 is 7.13. The summed E-state index contributed by atoms with van der Waals surface area (Å²) in [6.45, 7) is 0.687. The normalized spacial score (nSPS) is 14.3. The Morgan fingerprint density at radius 2 is 1.88 bits per heavy atom. The molecule has 0 radical (unpaired) electrons. The van der Waals surface area contributed by atoms with Crippen molar-refractivity contribution < 1.29 is 14.1 Å². The van der Waals surface area contributed by atoms with Gasteiger partial charge in [0, 0.05) is 30.2 Å². The smallest absolute Gasteiger partial charge is 0.387 e. The summed E-state index contributed by atoms with van der Waals surface area (Å²) in [5.74, 6) is 0.898. The first-order chi connectivity index (χ1) is 11.8. The van der Waals surface area contributed by atoms with Crippen LogP contribution in [0.1, 0.15) is 36.9 Å². The third-order valence-electron chi connectivity index (χ3n) is 4.38. The Balaban J connectivity index is 1.62. The molecule has 0 N–H and O–H groups in total. The highest BCUT2D eigenvalue weighted by atomic mass is 16.5. The molecule has 0 bridgehead atoms. The van der Waals surface area contributed by atoms with Crippen molar-refractivity contribution in [2.24, 2.45) is 0 Å². The fraction of sp³-hybridized carbons (Fsp3) is 0.350. The van der Waals surface area contributed by atoms with E-state index in [1.54, 1.807) is 7.11 Å². The van der Waals surface area contributed by atoms with Crippen molar-refractivity contribution in [2.75, 3.05) is 7.11 Å². The minimum atomic E-state index is 0.244. The summed E-state index contributed by atoms with van der Waals surface area (Å²) in [7, 11) is 1.63. The predicted molar refractivity (Wildman–Crippen MR) is 93.4 cm³/mol. The summed E-state index contributed by atoms with van der Waals surface area (Å²) in [4.78, 5) is 16.6. The summed E-state index contributed by atoms with van der Waals surface area (Å²) in [5, 5.41) is 0. The van der Waals surface area contributed by atoms with Gasteiger partial charge in [0.15, 0.2) is 12.3 Å². The highest BCUT2D eigenvalue weighted by Crippen LogP contribution is 2.16. The summed E-state index contributed by atoms with van der Waals surface area (Å²) >= 11 is 0. The summed E-state index contributed by atoms with van der Waals surface area (Å²) in [6, 6.07) is 16.0. The number of hydrogen-bond acceptors (Lipinski definition) is 3. The van der Waals surface area contributed by atoms with Crippen LogP contribution in [0.5, 0.6) is 5.88 Å². The molecule has 1 aliphatic heterocycles. The molecular weight excluding hydrogens is 300 g/mol.